The molecule has 0 saturated carbocycles. The number of carbonyl (C=O) groups is 2. The Morgan fingerprint density at radius 1 is 0.516 bits per heavy atom. The number of amides is 2. The molecule has 8 nitrogen and oxygen atoms in total. The van der Waals surface area contributed by atoms with E-state index in [0.29, 0.717) is 26.2 Å². The molecule has 334 valence electrons. The van der Waals surface area contributed by atoms with Gasteiger partial charge in [-0.2, -0.15) is 0 Å². The number of hydrogen-bond acceptors (Lipinski definition) is 6. The van der Waals surface area contributed by atoms with Crippen LogP contribution in [0.25, 0.3) is 0 Å². The van der Waals surface area contributed by atoms with Crippen LogP contribution in [0.4, 0.5) is 9.59 Å². The Bertz CT molecular complexity index is 2000. The van der Waals surface area contributed by atoms with Gasteiger partial charge in [0.05, 0.1) is 25.3 Å². The molecule has 2 amide bonds. The number of benzene rings is 4. The molecule has 4 aromatic rings. The maximum atomic E-state index is 14.6. The van der Waals surface area contributed by atoms with Crippen molar-refractivity contribution in [2.75, 3.05) is 19.8 Å². The predicted molar refractivity (Wildman–Crippen MR) is 257 cm³/mol. The van der Waals surface area contributed by atoms with Crippen molar-refractivity contribution in [1.29, 1.82) is 0 Å². The zero-order valence-corrected chi connectivity index (χ0v) is 41.4. The van der Waals surface area contributed by atoms with E-state index < -0.39 is 27.8 Å². The zero-order valence-electron chi connectivity index (χ0n) is 39.4. The Balaban J connectivity index is 1.36. The summed E-state index contributed by atoms with van der Waals surface area (Å²) in [5, 5.41) is 4.32. The Morgan fingerprint density at radius 3 is 1.23 bits per heavy atom. The van der Waals surface area contributed by atoms with E-state index in [1.807, 2.05) is 63.5 Å². The Morgan fingerprint density at radius 2 is 0.871 bits per heavy atom. The van der Waals surface area contributed by atoms with Crippen molar-refractivity contribution < 1.29 is 27.9 Å². The third kappa shape index (κ3) is 10.1. The van der Waals surface area contributed by atoms with E-state index in [0.717, 1.165) is 12.8 Å². The van der Waals surface area contributed by atoms with E-state index >= 15 is 0 Å². The largest absolute Gasteiger partial charge is 0.444 e. The fraction of sp³-hybridized carbons (Fsp3) is 0.500. The summed E-state index contributed by atoms with van der Waals surface area (Å²) in [4.78, 5) is 32.7. The standard InChI is InChI=1S/C52H72N2O6Si2/c1-49(2,3)59-47(55)53-36-39(35-41(53)38-58-62(52(10,11)12,44-29-21-15-22-30-44)45-31-23-16-24-32-45)46-34-33-40(54(46)48(56)60-50(4,5)6)37-57-61(51(7,8)9,42-25-17-13-18-26-42)43-27-19-14-20-28-43/h13-32,39-41,46H,33-38H2,1-12H3/t39-,40+,41+,46-/m1/s1. The molecule has 0 N–H and O–H groups in total. The van der Waals surface area contributed by atoms with Crippen LogP contribution in [-0.4, -0.2) is 87.7 Å². The molecule has 0 unspecified atom stereocenters. The minimum Gasteiger partial charge on any atom is -0.444 e. The van der Waals surface area contributed by atoms with E-state index in [1.165, 1.54) is 20.7 Å². The number of carbonyl (C=O) groups excluding carboxylic acids is 2. The summed E-state index contributed by atoms with van der Waals surface area (Å²) in [6, 6.07) is 41.8. The van der Waals surface area contributed by atoms with Crippen molar-refractivity contribution in [1.82, 2.24) is 9.80 Å². The molecule has 10 heteroatoms. The number of hydrogen-bond donors (Lipinski definition) is 0. The van der Waals surface area contributed by atoms with Crippen LogP contribution < -0.4 is 20.7 Å². The second-order valence-corrected chi connectivity index (χ2v) is 30.0. The van der Waals surface area contributed by atoms with Gasteiger partial charge in [0.25, 0.3) is 16.6 Å². The highest BCUT2D eigenvalue weighted by Crippen LogP contribution is 2.42. The molecule has 2 saturated heterocycles. The molecule has 4 aromatic carbocycles. The average Bonchev–Trinajstić information content (AvgIpc) is 3.83. The van der Waals surface area contributed by atoms with E-state index in [4.69, 9.17) is 18.3 Å². The molecule has 0 spiro atoms. The number of nitrogens with zero attached hydrogens (tertiary/aromatic N) is 2. The van der Waals surface area contributed by atoms with Gasteiger partial charge in [-0.15, -0.1) is 0 Å². The number of likely N-dealkylation sites (tertiary alicyclic amines) is 2. The minimum atomic E-state index is -2.93. The van der Waals surface area contributed by atoms with Crippen LogP contribution in [0.15, 0.2) is 121 Å². The van der Waals surface area contributed by atoms with Gasteiger partial charge in [-0.3, -0.25) is 4.90 Å². The molecule has 2 heterocycles. The number of ether oxygens (including phenoxy) is 2. The molecule has 2 fully saturated rings. The molecular weight excluding hydrogens is 805 g/mol. The first kappa shape index (κ1) is 47.3. The summed E-state index contributed by atoms with van der Waals surface area (Å²) < 4.78 is 27.3. The molecule has 0 aliphatic carbocycles. The second kappa shape index (κ2) is 18.5. The van der Waals surface area contributed by atoms with Crippen molar-refractivity contribution >= 4 is 49.6 Å². The summed E-state index contributed by atoms with van der Waals surface area (Å²) in [5.41, 5.74) is -1.38. The SMILES string of the molecule is CC(C)(C)OC(=O)N1C[C@H]([C@H]2CC[C@@H](CO[Si](c3ccccc3)(c3ccccc3)C(C)(C)C)N2C(=O)OC(C)(C)C)C[C@H]1CO[Si](c1ccccc1)(c1ccccc1)C(C)(C)C. The fourth-order valence-corrected chi connectivity index (χ4v) is 19.2. The van der Waals surface area contributed by atoms with Crippen molar-refractivity contribution in [3.05, 3.63) is 121 Å². The third-order valence-corrected chi connectivity index (χ3v) is 22.6. The summed E-state index contributed by atoms with van der Waals surface area (Å²) in [6.45, 7) is 26.3. The lowest BCUT2D eigenvalue weighted by atomic mass is 9.95. The molecule has 2 aliphatic heterocycles. The van der Waals surface area contributed by atoms with Crippen LogP contribution in [0.2, 0.25) is 10.1 Å². The molecular formula is C52H72N2O6Si2. The van der Waals surface area contributed by atoms with Crippen LogP contribution >= 0.6 is 0 Å². The van der Waals surface area contributed by atoms with Gasteiger partial charge in [0.1, 0.15) is 11.2 Å². The van der Waals surface area contributed by atoms with E-state index in [1.54, 1.807) is 0 Å². The second-order valence-electron chi connectivity index (χ2n) is 21.4. The van der Waals surface area contributed by atoms with Crippen molar-refractivity contribution in [2.45, 2.75) is 142 Å². The Kier molecular flexibility index (Phi) is 14.1. The van der Waals surface area contributed by atoms with Crippen molar-refractivity contribution in [2.24, 2.45) is 5.92 Å². The van der Waals surface area contributed by atoms with Gasteiger partial charge >= 0.3 is 12.2 Å². The van der Waals surface area contributed by atoms with Crippen LogP contribution in [-0.2, 0) is 18.3 Å². The summed E-state index contributed by atoms with van der Waals surface area (Å²) >= 11 is 0. The zero-order chi connectivity index (χ0) is 45.1. The maximum absolute atomic E-state index is 14.6. The Labute approximate surface area is 374 Å². The molecule has 0 radical (unpaired) electrons. The normalized spacial score (nSPS) is 20.3. The first-order chi connectivity index (χ1) is 29.1. The van der Waals surface area contributed by atoms with Gasteiger partial charge in [0.2, 0.25) is 0 Å². The highest BCUT2D eigenvalue weighted by Gasteiger charge is 2.55. The van der Waals surface area contributed by atoms with Gasteiger partial charge in [-0.05, 0) is 97.5 Å². The predicted octanol–water partition coefficient (Wildman–Crippen LogP) is 9.53. The van der Waals surface area contributed by atoms with Gasteiger partial charge in [0.15, 0.2) is 0 Å². The highest BCUT2D eigenvalue weighted by atomic mass is 28.4. The van der Waals surface area contributed by atoms with Crippen LogP contribution in [0.5, 0.6) is 0 Å². The van der Waals surface area contributed by atoms with Crippen LogP contribution in [0.3, 0.4) is 0 Å². The van der Waals surface area contributed by atoms with E-state index in [-0.39, 0.29) is 46.3 Å². The van der Waals surface area contributed by atoms with Crippen molar-refractivity contribution in [3.8, 4) is 0 Å². The van der Waals surface area contributed by atoms with Gasteiger partial charge in [0, 0.05) is 12.6 Å². The minimum absolute atomic E-state index is 0.0411. The first-order valence-corrected chi connectivity index (χ1v) is 26.4. The quantitative estimate of drug-likeness (QED) is 0.140. The van der Waals surface area contributed by atoms with Crippen LogP contribution in [0.1, 0.15) is 102 Å². The van der Waals surface area contributed by atoms with Crippen LogP contribution in [0, 0.1) is 5.92 Å². The number of rotatable bonds is 11. The first-order valence-electron chi connectivity index (χ1n) is 22.6. The van der Waals surface area contributed by atoms with Gasteiger partial charge < -0.3 is 23.2 Å². The lowest BCUT2D eigenvalue weighted by Crippen LogP contribution is -2.67. The highest BCUT2D eigenvalue weighted by molar-refractivity contribution is 7.00. The lowest BCUT2D eigenvalue weighted by Gasteiger charge is -2.44. The maximum Gasteiger partial charge on any atom is 0.410 e. The topological polar surface area (TPSA) is 77.5 Å². The van der Waals surface area contributed by atoms with Crippen molar-refractivity contribution in [3.63, 3.8) is 0 Å². The summed E-state index contributed by atoms with van der Waals surface area (Å²) in [5.74, 6) is -0.0411. The monoisotopic (exact) mass is 876 g/mol. The van der Waals surface area contributed by atoms with Gasteiger partial charge in [-0.25, -0.2) is 9.59 Å². The molecule has 2 aliphatic rings. The molecule has 0 bridgehead atoms. The smallest absolute Gasteiger partial charge is 0.410 e. The average molecular weight is 877 g/mol. The molecule has 62 heavy (non-hydrogen) atoms. The summed E-state index contributed by atoms with van der Waals surface area (Å²) in [7, 11) is -5.83. The molecule has 6 rings (SSSR count). The third-order valence-electron chi connectivity index (χ3n) is 12.6. The summed E-state index contributed by atoms with van der Waals surface area (Å²) in [6.07, 6.45) is 1.48. The van der Waals surface area contributed by atoms with Gasteiger partial charge in [-0.1, -0.05) is 163 Å². The molecule has 4 atom stereocenters. The fourth-order valence-electron chi connectivity index (χ4n) is 10.0. The van der Waals surface area contributed by atoms with E-state index in [2.05, 4.69) is 151 Å². The Hall–Kier alpha value is -4.23. The lowest BCUT2D eigenvalue weighted by molar-refractivity contribution is 0.00373. The molecule has 0 aromatic heterocycles. The van der Waals surface area contributed by atoms with E-state index in [9.17, 15) is 9.59 Å².